The number of carbonyl (C=O) groups is 1. The van der Waals surface area contributed by atoms with E-state index in [1.165, 1.54) is 6.07 Å². The topological polar surface area (TPSA) is 63.1 Å². The van der Waals surface area contributed by atoms with E-state index in [-0.39, 0.29) is 10.6 Å². The predicted octanol–water partition coefficient (Wildman–Crippen LogP) is 2.50. The Morgan fingerprint density at radius 3 is 2.69 bits per heavy atom. The second kappa shape index (κ2) is 4.28. The van der Waals surface area contributed by atoms with Crippen LogP contribution in [0.25, 0.3) is 11.3 Å². The molecule has 2 aromatic rings. The second-order valence-corrected chi connectivity index (χ2v) is 3.46. The van der Waals surface area contributed by atoms with E-state index in [2.05, 4.69) is 10.2 Å². The Hall–Kier alpha value is -1.94. The van der Waals surface area contributed by atoms with Crippen molar-refractivity contribution in [3.63, 3.8) is 0 Å². The van der Waals surface area contributed by atoms with Gasteiger partial charge in [0, 0.05) is 11.8 Å². The first-order valence-corrected chi connectivity index (χ1v) is 4.88. The molecule has 0 aliphatic rings. The minimum atomic E-state index is -1.06. The van der Waals surface area contributed by atoms with Gasteiger partial charge in [-0.2, -0.15) is 10.2 Å². The average molecular weight is 235 g/mol. The lowest BCUT2D eigenvalue weighted by atomic mass is 10.1. The molecule has 1 aromatic heterocycles. The van der Waals surface area contributed by atoms with Crippen LogP contribution in [-0.4, -0.2) is 21.3 Å². The maximum absolute atomic E-state index is 10.9. The molecule has 1 N–H and O–H groups in total. The van der Waals surface area contributed by atoms with Crippen molar-refractivity contribution in [1.29, 1.82) is 0 Å². The van der Waals surface area contributed by atoms with Crippen LogP contribution in [-0.2, 0) is 0 Å². The minimum Gasteiger partial charge on any atom is -0.478 e. The van der Waals surface area contributed by atoms with Crippen LogP contribution >= 0.6 is 11.6 Å². The van der Waals surface area contributed by atoms with Gasteiger partial charge in [-0.25, -0.2) is 4.79 Å². The number of halogens is 1. The molecule has 0 bridgehead atoms. The number of nitrogens with zero attached hydrogens (tertiary/aromatic N) is 2. The van der Waals surface area contributed by atoms with Crippen molar-refractivity contribution in [3.8, 4) is 11.3 Å². The smallest absolute Gasteiger partial charge is 0.337 e. The summed E-state index contributed by atoms with van der Waals surface area (Å²) < 4.78 is 0. The summed E-state index contributed by atoms with van der Waals surface area (Å²) in [6.45, 7) is 0. The van der Waals surface area contributed by atoms with Crippen molar-refractivity contribution in [2.24, 2.45) is 0 Å². The third-order valence-corrected chi connectivity index (χ3v) is 2.48. The molecule has 0 amide bonds. The van der Waals surface area contributed by atoms with E-state index in [0.29, 0.717) is 11.3 Å². The van der Waals surface area contributed by atoms with Gasteiger partial charge in [-0.05, 0) is 18.2 Å². The molecule has 0 saturated carbocycles. The fraction of sp³-hybridized carbons (Fsp3) is 0. The summed E-state index contributed by atoms with van der Waals surface area (Å²) in [7, 11) is 0. The molecule has 0 unspecified atom stereocenters. The first-order chi connectivity index (χ1) is 7.70. The lowest BCUT2D eigenvalue weighted by Crippen LogP contribution is -1.98. The van der Waals surface area contributed by atoms with E-state index in [1.807, 2.05) is 0 Å². The van der Waals surface area contributed by atoms with Gasteiger partial charge in [0.15, 0.2) is 0 Å². The van der Waals surface area contributed by atoms with Crippen LogP contribution in [0.2, 0.25) is 5.02 Å². The SMILES string of the molecule is O=C(O)c1cccc(-c2cccnn2)c1Cl. The molecule has 0 aliphatic heterocycles. The monoisotopic (exact) mass is 234 g/mol. The summed E-state index contributed by atoms with van der Waals surface area (Å²) in [5, 5.41) is 16.7. The van der Waals surface area contributed by atoms with Gasteiger partial charge < -0.3 is 5.11 Å². The first-order valence-electron chi connectivity index (χ1n) is 4.50. The molecule has 1 heterocycles. The first kappa shape index (κ1) is 10.6. The molecule has 0 spiro atoms. The summed E-state index contributed by atoms with van der Waals surface area (Å²) in [5.74, 6) is -1.06. The minimum absolute atomic E-state index is 0.0600. The number of carboxylic acid groups (broad SMARTS) is 1. The highest BCUT2D eigenvalue weighted by molar-refractivity contribution is 6.36. The standard InChI is InChI=1S/C11H7ClN2O2/c12-10-7(9-5-2-6-13-14-9)3-1-4-8(10)11(15)16/h1-6H,(H,15,16). The van der Waals surface area contributed by atoms with E-state index >= 15 is 0 Å². The van der Waals surface area contributed by atoms with Crippen molar-refractivity contribution < 1.29 is 9.90 Å². The number of aromatic nitrogens is 2. The third-order valence-electron chi connectivity index (χ3n) is 2.08. The molecule has 80 valence electrons. The number of aromatic carboxylic acids is 1. The normalized spacial score (nSPS) is 10.1. The van der Waals surface area contributed by atoms with E-state index in [4.69, 9.17) is 16.7 Å². The van der Waals surface area contributed by atoms with Gasteiger partial charge in [0.2, 0.25) is 0 Å². The van der Waals surface area contributed by atoms with Crippen molar-refractivity contribution in [1.82, 2.24) is 10.2 Å². The van der Waals surface area contributed by atoms with E-state index in [0.717, 1.165) is 0 Å². The molecule has 0 saturated heterocycles. The summed E-state index contributed by atoms with van der Waals surface area (Å²) >= 11 is 5.99. The molecule has 0 atom stereocenters. The summed E-state index contributed by atoms with van der Waals surface area (Å²) in [5.41, 5.74) is 1.18. The van der Waals surface area contributed by atoms with Crippen molar-refractivity contribution in [2.75, 3.05) is 0 Å². The summed E-state index contributed by atoms with van der Waals surface area (Å²) in [6, 6.07) is 8.22. The number of carboxylic acids is 1. The summed E-state index contributed by atoms with van der Waals surface area (Å²) in [4.78, 5) is 10.9. The number of rotatable bonds is 2. The van der Waals surface area contributed by atoms with Gasteiger partial charge in [0.1, 0.15) is 0 Å². The highest BCUT2D eigenvalue weighted by Gasteiger charge is 2.13. The highest BCUT2D eigenvalue weighted by Crippen LogP contribution is 2.28. The van der Waals surface area contributed by atoms with Gasteiger partial charge in [-0.1, -0.05) is 23.7 Å². The molecule has 5 heteroatoms. The molecule has 4 nitrogen and oxygen atoms in total. The fourth-order valence-electron chi connectivity index (χ4n) is 1.34. The quantitative estimate of drug-likeness (QED) is 0.867. The van der Waals surface area contributed by atoms with Gasteiger partial charge in [-0.3, -0.25) is 0 Å². The van der Waals surface area contributed by atoms with E-state index in [1.54, 1.807) is 30.5 Å². The van der Waals surface area contributed by atoms with Crippen LogP contribution in [0, 0.1) is 0 Å². The highest BCUT2D eigenvalue weighted by atomic mass is 35.5. The van der Waals surface area contributed by atoms with Gasteiger partial charge >= 0.3 is 5.97 Å². The Morgan fingerprint density at radius 1 is 1.25 bits per heavy atom. The molecule has 0 fully saturated rings. The van der Waals surface area contributed by atoms with Crippen LogP contribution in [0.4, 0.5) is 0 Å². The molecule has 0 aliphatic carbocycles. The van der Waals surface area contributed by atoms with Crippen LogP contribution < -0.4 is 0 Å². The zero-order chi connectivity index (χ0) is 11.5. The molecule has 0 radical (unpaired) electrons. The Bertz CT molecular complexity index is 529. The van der Waals surface area contributed by atoms with Crippen molar-refractivity contribution in [2.45, 2.75) is 0 Å². The zero-order valence-corrected chi connectivity index (χ0v) is 8.85. The fourth-order valence-corrected chi connectivity index (χ4v) is 1.64. The third kappa shape index (κ3) is 1.87. The summed E-state index contributed by atoms with van der Waals surface area (Å²) in [6.07, 6.45) is 1.54. The maximum atomic E-state index is 10.9. The second-order valence-electron chi connectivity index (χ2n) is 3.08. The van der Waals surface area contributed by atoms with E-state index < -0.39 is 5.97 Å². The molecule has 1 aromatic carbocycles. The molecular weight excluding hydrogens is 228 g/mol. The lowest BCUT2D eigenvalue weighted by Gasteiger charge is -2.04. The van der Waals surface area contributed by atoms with Gasteiger partial charge in [0.05, 0.1) is 16.3 Å². The molecule has 16 heavy (non-hydrogen) atoms. The largest absolute Gasteiger partial charge is 0.478 e. The number of hydrogen-bond acceptors (Lipinski definition) is 3. The Kier molecular flexibility index (Phi) is 2.83. The molecule has 2 rings (SSSR count). The van der Waals surface area contributed by atoms with Crippen LogP contribution in [0.15, 0.2) is 36.5 Å². The Labute approximate surface area is 96.5 Å². The zero-order valence-electron chi connectivity index (χ0n) is 8.09. The molecular formula is C11H7ClN2O2. The van der Waals surface area contributed by atoms with E-state index in [9.17, 15) is 4.79 Å². The van der Waals surface area contributed by atoms with Gasteiger partial charge in [0.25, 0.3) is 0 Å². The van der Waals surface area contributed by atoms with Crippen LogP contribution in [0.5, 0.6) is 0 Å². The van der Waals surface area contributed by atoms with Crippen LogP contribution in [0.3, 0.4) is 0 Å². The number of benzene rings is 1. The Balaban J connectivity index is 2.59. The van der Waals surface area contributed by atoms with Gasteiger partial charge in [-0.15, -0.1) is 0 Å². The number of hydrogen-bond donors (Lipinski definition) is 1. The Morgan fingerprint density at radius 2 is 2.06 bits per heavy atom. The van der Waals surface area contributed by atoms with Crippen LogP contribution in [0.1, 0.15) is 10.4 Å². The average Bonchev–Trinajstić information content (AvgIpc) is 2.30. The maximum Gasteiger partial charge on any atom is 0.337 e. The predicted molar refractivity (Wildman–Crippen MR) is 59.4 cm³/mol. The van der Waals surface area contributed by atoms with Crippen molar-refractivity contribution >= 4 is 17.6 Å². The van der Waals surface area contributed by atoms with Crippen molar-refractivity contribution in [3.05, 3.63) is 47.1 Å². The lowest BCUT2D eigenvalue weighted by molar-refractivity contribution is 0.0697.